The summed E-state index contributed by atoms with van der Waals surface area (Å²) < 4.78 is 0. The van der Waals surface area contributed by atoms with Gasteiger partial charge in [-0.05, 0) is 18.6 Å². The Balaban J connectivity index is 2.06. The van der Waals surface area contributed by atoms with Crippen LogP contribution in [0.4, 0.5) is 0 Å². The Kier molecular flexibility index (Phi) is 5.37. The second kappa shape index (κ2) is 7.25. The molecule has 0 unspecified atom stereocenters. The molecular formula is C15H18N2O3S. The first-order valence-corrected chi connectivity index (χ1v) is 7.66. The van der Waals surface area contributed by atoms with Crippen LogP contribution in [0.5, 0.6) is 0 Å². The Morgan fingerprint density at radius 2 is 2.24 bits per heavy atom. The Morgan fingerprint density at radius 1 is 1.43 bits per heavy atom. The van der Waals surface area contributed by atoms with Gasteiger partial charge in [0.15, 0.2) is 0 Å². The highest BCUT2D eigenvalue weighted by Gasteiger charge is 2.24. The molecule has 1 N–H and O–H groups in total. The minimum atomic E-state index is -0.112. The summed E-state index contributed by atoms with van der Waals surface area (Å²) in [6, 6.07) is 3.54. The summed E-state index contributed by atoms with van der Waals surface area (Å²) in [5.41, 5.74) is 0. The van der Waals surface area contributed by atoms with Gasteiger partial charge in [0.25, 0.3) is 5.91 Å². The van der Waals surface area contributed by atoms with Crippen LogP contribution >= 0.6 is 11.3 Å². The van der Waals surface area contributed by atoms with Crippen molar-refractivity contribution < 1.29 is 14.7 Å². The maximum absolute atomic E-state index is 12.4. The fourth-order valence-electron chi connectivity index (χ4n) is 2.04. The molecule has 1 fully saturated rings. The Labute approximate surface area is 128 Å². The number of thiophene rings is 1. The molecule has 2 heterocycles. The molecule has 2 amide bonds. The fourth-order valence-corrected chi connectivity index (χ4v) is 2.89. The molecule has 5 nitrogen and oxygen atoms in total. The lowest BCUT2D eigenvalue weighted by Gasteiger charge is -2.18. The zero-order valence-corrected chi connectivity index (χ0v) is 12.8. The van der Waals surface area contributed by atoms with Gasteiger partial charge in [-0.3, -0.25) is 9.59 Å². The number of carbonyl (C=O) groups excluding carboxylic acids is 2. The summed E-state index contributed by atoms with van der Waals surface area (Å²) in [5, 5.41) is 8.69. The van der Waals surface area contributed by atoms with Crippen molar-refractivity contribution in [2.24, 2.45) is 0 Å². The topological polar surface area (TPSA) is 60.9 Å². The number of rotatable bonds is 2. The zero-order valence-electron chi connectivity index (χ0n) is 12.0. The molecule has 0 spiro atoms. The first-order valence-electron chi connectivity index (χ1n) is 6.84. The predicted molar refractivity (Wildman–Crippen MR) is 81.1 cm³/mol. The summed E-state index contributed by atoms with van der Waals surface area (Å²) in [4.78, 5) is 28.9. The van der Waals surface area contributed by atoms with E-state index in [9.17, 15) is 9.59 Å². The molecule has 0 bridgehead atoms. The standard InChI is InChI=1S/C15H18N2O3S/c1-16-8-4-9-17(11-14(16)19)15(20)13-7-6-12(21-13)5-2-3-10-18/h6-7,18H,3-4,8-11H2,1H3. The molecule has 1 aromatic rings. The van der Waals surface area contributed by atoms with Gasteiger partial charge in [0, 0.05) is 26.6 Å². The van der Waals surface area contributed by atoms with Crippen LogP contribution in [0.1, 0.15) is 27.4 Å². The van der Waals surface area contributed by atoms with Gasteiger partial charge in [0.2, 0.25) is 5.91 Å². The highest BCUT2D eigenvalue weighted by atomic mass is 32.1. The first-order chi connectivity index (χ1) is 10.1. The summed E-state index contributed by atoms with van der Waals surface area (Å²) >= 11 is 1.32. The molecular weight excluding hydrogens is 288 g/mol. The molecule has 1 aliphatic heterocycles. The molecule has 112 valence electrons. The van der Waals surface area contributed by atoms with Crippen molar-refractivity contribution in [1.29, 1.82) is 0 Å². The van der Waals surface area contributed by atoms with Crippen LogP contribution in [0.15, 0.2) is 12.1 Å². The Hall–Kier alpha value is -1.84. The summed E-state index contributed by atoms with van der Waals surface area (Å²) in [6.07, 6.45) is 1.22. The van der Waals surface area contributed by atoms with E-state index in [0.29, 0.717) is 24.4 Å². The number of aliphatic hydroxyl groups is 1. The van der Waals surface area contributed by atoms with Gasteiger partial charge >= 0.3 is 0 Å². The second-order valence-corrected chi connectivity index (χ2v) is 5.92. The van der Waals surface area contributed by atoms with Gasteiger partial charge in [0.1, 0.15) is 6.54 Å². The van der Waals surface area contributed by atoms with E-state index in [1.54, 1.807) is 29.0 Å². The average molecular weight is 306 g/mol. The van der Waals surface area contributed by atoms with E-state index in [1.165, 1.54) is 11.3 Å². The number of hydrogen-bond donors (Lipinski definition) is 1. The number of carbonyl (C=O) groups is 2. The molecule has 0 radical (unpaired) electrons. The lowest BCUT2D eigenvalue weighted by molar-refractivity contribution is -0.129. The highest BCUT2D eigenvalue weighted by Crippen LogP contribution is 2.18. The van der Waals surface area contributed by atoms with Gasteiger partial charge < -0.3 is 14.9 Å². The average Bonchev–Trinajstić information content (AvgIpc) is 2.87. The van der Waals surface area contributed by atoms with Gasteiger partial charge in [-0.1, -0.05) is 11.8 Å². The van der Waals surface area contributed by atoms with Gasteiger partial charge in [-0.2, -0.15) is 0 Å². The van der Waals surface area contributed by atoms with E-state index in [0.717, 1.165) is 11.3 Å². The van der Waals surface area contributed by atoms with Crippen LogP contribution < -0.4 is 0 Å². The van der Waals surface area contributed by atoms with E-state index in [2.05, 4.69) is 11.8 Å². The van der Waals surface area contributed by atoms with Crippen molar-refractivity contribution in [2.75, 3.05) is 33.3 Å². The highest BCUT2D eigenvalue weighted by molar-refractivity contribution is 7.14. The van der Waals surface area contributed by atoms with E-state index in [1.807, 2.05) is 0 Å². The summed E-state index contributed by atoms with van der Waals surface area (Å²) in [7, 11) is 1.76. The van der Waals surface area contributed by atoms with Crippen LogP contribution in [0.3, 0.4) is 0 Å². The van der Waals surface area contributed by atoms with Crippen molar-refractivity contribution in [3.05, 3.63) is 21.9 Å². The third kappa shape index (κ3) is 4.06. The van der Waals surface area contributed by atoms with Crippen molar-refractivity contribution in [3.63, 3.8) is 0 Å². The maximum Gasteiger partial charge on any atom is 0.264 e. The van der Waals surface area contributed by atoms with Crippen LogP contribution in [-0.4, -0.2) is 60.0 Å². The zero-order chi connectivity index (χ0) is 15.2. The Bertz CT molecular complexity index is 585. The summed E-state index contributed by atoms with van der Waals surface area (Å²) in [6.45, 7) is 1.45. The molecule has 1 saturated heterocycles. The SMILES string of the molecule is CN1CCCN(C(=O)c2ccc(C#CCCO)s2)CC1=O. The third-order valence-electron chi connectivity index (χ3n) is 3.23. The van der Waals surface area contributed by atoms with Crippen molar-refractivity contribution in [2.45, 2.75) is 12.8 Å². The first kappa shape index (κ1) is 15.5. The van der Waals surface area contributed by atoms with Gasteiger partial charge in [-0.25, -0.2) is 0 Å². The Morgan fingerprint density at radius 3 is 3.00 bits per heavy atom. The van der Waals surface area contributed by atoms with Crippen LogP contribution in [0.25, 0.3) is 0 Å². The number of amides is 2. The molecule has 0 saturated carbocycles. The molecule has 1 aliphatic rings. The monoisotopic (exact) mass is 306 g/mol. The minimum absolute atomic E-state index is 0.0274. The van der Waals surface area contributed by atoms with Gasteiger partial charge in [0.05, 0.1) is 16.4 Å². The molecule has 1 aromatic heterocycles. The minimum Gasteiger partial charge on any atom is -0.395 e. The second-order valence-electron chi connectivity index (χ2n) is 4.83. The van der Waals surface area contributed by atoms with Crippen molar-refractivity contribution >= 4 is 23.2 Å². The van der Waals surface area contributed by atoms with E-state index >= 15 is 0 Å². The number of aliphatic hydroxyl groups excluding tert-OH is 1. The molecule has 21 heavy (non-hydrogen) atoms. The molecule has 0 aliphatic carbocycles. The third-order valence-corrected chi connectivity index (χ3v) is 4.21. The predicted octanol–water partition coefficient (Wildman–Crippen LogP) is 0.786. The molecule has 0 aromatic carbocycles. The van der Waals surface area contributed by atoms with Crippen LogP contribution in [-0.2, 0) is 4.79 Å². The van der Waals surface area contributed by atoms with Gasteiger partial charge in [-0.15, -0.1) is 11.3 Å². The summed E-state index contributed by atoms with van der Waals surface area (Å²) in [5.74, 6) is 5.61. The van der Waals surface area contributed by atoms with Crippen molar-refractivity contribution in [3.8, 4) is 11.8 Å². The largest absolute Gasteiger partial charge is 0.395 e. The van der Waals surface area contributed by atoms with Crippen molar-refractivity contribution in [1.82, 2.24) is 9.80 Å². The molecule has 6 heteroatoms. The van der Waals surface area contributed by atoms with E-state index in [-0.39, 0.29) is 25.0 Å². The van der Waals surface area contributed by atoms with E-state index in [4.69, 9.17) is 5.11 Å². The fraction of sp³-hybridized carbons (Fsp3) is 0.467. The number of likely N-dealkylation sites (N-methyl/N-ethyl adjacent to an activating group) is 1. The normalized spacial score (nSPS) is 15.4. The smallest absolute Gasteiger partial charge is 0.264 e. The van der Waals surface area contributed by atoms with Crippen LogP contribution in [0.2, 0.25) is 0 Å². The molecule has 2 rings (SSSR count). The molecule has 0 atom stereocenters. The lowest BCUT2D eigenvalue weighted by Crippen LogP contribution is -2.37. The number of hydrogen-bond acceptors (Lipinski definition) is 4. The number of nitrogens with zero attached hydrogens (tertiary/aromatic N) is 2. The van der Waals surface area contributed by atoms with Crippen LogP contribution in [0, 0.1) is 11.8 Å². The quantitative estimate of drug-likeness (QED) is 0.822. The van der Waals surface area contributed by atoms with E-state index < -0.39 is 0 Å². The lowest BCUT2D eigenvalue weighted by atomic mass is 10.3. The maximum atomic E-state index is 12.4.